The Kier molecular flexibility index (Phi) is 8.90. The van der Waals surface area contributed by atoms with Crippen molar-refractivity contribution in [3.63, 3.8) is 0 Å². The van der Waals surface area contributed by atoms with Crippen LogP contribution >= 0.6 is 23.2 Å². The molecule has 0 radical (unpaired) electrons. The van der Waals surface area contributed by atoms with Crippen LogP contribution in [0.15, 0.2) is 65.6 Å². The highest BCUT2D eigenvalue weighted by molar-refractivity contribution is 7.89. The molecule has 3 aromatic carbocycles. The van der Waals surface area contributed by atoms with E-state index in [1.54, 1.807) is 37.3 Å². The average Bonchev–Trinajstić information content (AvgIpc) is 2.82. The molecule has 0 spiro atoms. The minimum Gasteiger partial charge on any atom is -0.350 e. The monoisotopic (exact) mass is 563 g/mol. The lowest BCUT2D eigenvalue weighted by Gasteiger charge is -2.32. The molecule has 1 atom stereocenters. The molecule has 0 aromatic heterocycles. The molecule has 1 N–H and O–H groups in total. The van der Waals surface area contributed by atoms with Crippen LogP contribution in [0.5, 0.6) is 0 Å². The van der Waals surface area contributed by atoms with Crippen LogP contribution < -0.4 is 5.32 Å². The van der Waals surface area contributed by atoms with Gasteiger partial charge in [-0.15, -0.1) is 0 Å². The van der Waals surface area contributed by atoms with Crippen LogP contribution in [0.3, 0.4) is 0 Å². The van der Waals surface area contributed by atoms with Crippen LogP contribution in [0.2, 0.25) is 10.0 Å². The first kappa shape index (κ1) is 28.9. The summed E-state index contributed by atoms with van der Waals surface area (Å²) < 4.78 is 27.6. The highest BCUT2D eigenvalue weighted by Gasteiger charge is 2.31. The zero-order chi connectivity index (χ0) is 27.5. The van der Waals surface area contributed by atoms with E-state index in [-0.39, 0.29) is 17.3 Å². The molecule has 0 unspecified atom stereocenters. The maximum absolute atomic E-state index is 13.5. The van der Waals surface area contributed by atoms with E-state index in [4.69, 9.17) is 23.2 Å². The number of amides is 2. The topological polar surface area (TPSA) is 86.8 Å². The predicted octanol–water partition coefficient (Wildman–Crippen LogP) is 5.10. The third kappa shape index (κ3) is 7.23. The first-order chi connectivity index (χ1) is 17.2. The zero-order valence-corrected chi connectivity index (χ0v) is 23.8. The number of fused-ring (bicyclic) bond motifs is 1. The van der Waals surface area contributed by atoms with Gasteiger partial charge in [-0.2, -0.15) is 4.31 Å². The van der Waals surface area contributed by atoms with E-state index in [9.17, 15) is 18.0 Å². The highest BCUT2D eigenvalue weighted by Crippen LogP contribution is 2.25. The molecule has 0 fully saturated rings. The fraction of sp³-hybridized carbons (Fsp3) is 0.333. The van der Waals surface area contributed by atoms with E-state index < -0.39 is 34.1 Å². The Morgan fingerprint density at radius 1 is 0.946 bits per heavy atom. The van der Waals surface area contributed by atoms with Gasteiger partial charge in [0.15, 0.2) is 0 Å². The van der Waals surface area contributed by atoms with Crippen LogP contribution in [0, 0.1) is 0 Å². The van der Waals surface area contributed by atoms with Gasteiger partial charge in [0, 0.05) is 19.1 Å². The number of likely N-dealkylation sites (N-methyl/N-ethyl adjacent to an activating group) is 1. The molecular formula is C27H31Cl2N3O4S. The fourth-order valence-corrected chi connectivity index (χ4v) is 5.24. The van der Waals surface area contributed by atoms with Gasteiger partial charge in [-0.3, -0.25) is 9.59 Å². The molecule has 37 heavy (non-hydrogen) atoms. The second-order valence-corrected chi connectivity index (χ2v) is 12.8. The number of hydrogen-bond acceptors (Lipinski definition) is 4. The minimum atomic E-state index is -3.97. The van der Waals surface area contributed by atoms with Gasteiger partial charge >= 0.3 is 0 Å². The Labute approximate surface area is 228 Å². The Hall–Kier alpha value is -2.65. The standard InChI is InChI=1S/C27H31Cl2N3O4S/c1-18(26(34)30-27(2,3)4)32(16-19-10-13-23(28)24(29)14-19)25(33)17-31(5)37(35,36)22-12-11-20-8-6-7-9-21(20)15-22/h6-15,18H,16-17H2,1-5H3,(H,30,34)/t18-/m1/s1. The van der Waals surface area contributed by atoms with Gasteiger partial charge in [0.05, 0.1) is 21.5 Å². The van der Waals surface area contributed by atoms with Crippen molar-refractivity contribution >= 4 is 55.8 Å². The highest BCUT2D eigenvalue weighted by atomic mass is 35.5. The molecule has 0 aliphatic heterocycles. The maximum atomic E-state index is 13.5. The molecule has 3 rings (SSSR count). The molecule has 0 aliphatic rings. The molecule has 0 heterocycles. The summed E-state index contributed by atoms with van der Waals surface area (Å²) in [7, 11) is -2.63. The van der Waals surface area contributed by atoms with E-state index in [0.29, 0.717) is 15.6 Å². The molecule has 7 nitrogen and oxygen atoms in total. The van der Waals surface area contributed by atoms with Gasteiger partial charge in [0.1, 0.15) is 6.04 Å². The number of nitrogens with one attached hydrogen (secondary N) is 1. The summed E-state index contributed by atoms with van der Waals surface area (Å²) in [5, 5.41) is 5.24. The number of rotatable bonds is 8. The van der Waals surface area contributed by atoms with Crippen molar-refractivity contribution in [2.45, 2.75) is 50.7 Å². The lowest BCUT2D eigenvalue weighted by molar-refractivity contribution is -0.141. The first-order valence-corrected chi connectivity index (χ1v) is 13.9. The molecule has 0 saturated carbocycles. The van der Waals surface area contributed by atoms with Crippen molar-refractivity contribution in [3.05, 3.63) is 76.3 Å². The fourth-order valence-electron chi connectivity index (χ4n) is 3.77. The summed E-state index contributed by atoms with van der Waals surface area (Å²) in [6.45, 7) is 6.71. The van der Waals surface area contributed by atoms with Gasteiger partial charge < -0.3 is 10.2 Å². The largest absolute Gasteiger partial charge is 0.350 e. The Morgan fingerprint density at radius 3 is 2.22 bits per heavy atom. The van der Waals surface area contributed by atoms with E-state index in [1.165, 1.54) is 18.0 Å². The van der Waals surface area contributed by atoms with E-state index in [2.05, 4.69) is 5.32 Å². The SMILES string of the molecule is C[C@H](C(=O)NC(C)(C)C)N(Cc1ccc(Cl)c(Cl)c1)C(=O)CN(C)S(=O)(=O)c1ccc2ccccc2c1. The molecule has 10 heteroatoms. The summed E-state index contributed by atoms with van der Waals surface area (Å²) in [4.78, 5) is 27.9. The Morgan fingerprint density at radius 2 is 1.59 bits per heavy atom. The minimum absolute atomic E-state index is 0.0400. The van der Waals surface area contributed by atoms with Crippen molar-refractivity contribution in [2.75, 3.05) is 13.6 Å². The molecular weight excluding hydrogens is 533 g/mol. The van der Waals surface area contributed by atoms with Crippen molar-refractivity contribution < 1.29 is 18.0 Å². The number of sulfonamides is 1. The van der Waals surface area contributed by atoms with Crippen LogP contribution in [-0.2, 0) is 26.2 Å². The van der Waals surface area contributed by atoms with Crippen molar-refractivity contribution in [3.8, 4) is 0 Å². The molecule has 3 aromatic rings. The van der Waals surface area contributed by atoms with Crippen LogP contribution in [0.25, 0.3) is 10.8 Å². The average molecular weight is 565 g/mol. The Bertz CT molecular complexity index is 1420. The van der Waals surface area contributed by atoms with Gasteiger partial charge in [-0.05, 0) is 68.3 Å². The number of carbonyl (C=O) groups excluding carboxylic acids is 2. The summed E-state index contributed by atoms with van der Waals surface area (Å²) >= 11 is 12.2. The Balaban J connectivity index is 1.88. The number of benzene rings is 3. The lowest BCUT2D eigenvalue weighted by atomic mass is 10.1. The summed E-state index contributed by atoms with van der Waals surface area (Å²) in [5.74, 6) is -0.893. The van der Waals surface area contributed by atoms with Crippen molar-refractivity contribution in [1.82, 2.24) is 14.5 Å². The maximum Gasteiger partial charge on any atom is 0.243 e. The normalized spacial score (nSPS) is 13.0. The number of hydrogen-bond donors (Lipinski definition) is 1. The van der Waals surface area contributed by atoms with Crippen molar-refractivity contribution in [2.24, 2.45) is 0 Å². The molecule has 198 valence electrons. The molecule has 0 bridgehead atoms. The van der Waals surface area contributed by atoms with Crippen molar-refractivity contribution in [1.29, 1.82) is 0 Å². The molecule has 0 aliphatic carbocycles. The third-order valence-electron chi connectivity index (χ3n) is 5.79. The molecule has 0 saturated heterocycles. The quantitative estimate of drug-likeness (QED) is 0.413. The van der Waals surface area contributed by atoms with Gasteiger partial charge in [-0.25, -0.2) is 8.42 Å². The van der Waals surface area contributed by atoms with Gasteiger partial charge in [0.25, 0.3) is 0 Å². The van der Waals surface area contributed by atoms with Gasteiger partial charge in [-0.1, -0.05) is 59.6 Å². The summed E-state index contributed by atoms with van der Waals surface area (Å²) in [5.41, 5.74) is 0.137. The zero-order valence-electron chi connectivity index (χ0n) is 21.5. The van der Waals surface area contributed by atoms with E-state index in [1.807, 2.05) is 45.0 Å². The first-order valence-electron chi connectivity index (χ1n) is 11.7. The molecule has 2 amide bonds. The number of carbonyl (C=O) groups is 2. The number of halogens is 2. The van der Waals surface area contributed by atoms with E-state index in [0.717, 1.165) is 15.1 Å². The predicted molar refractivity (Wildman–Crippen MR) is 148 cm³/mol. The van der Waals surface area contributed by atoms with Crippen LogP contribution in [0.4, 0.5) is 0 Å². The van der Waals surface area contributed by atoms with Gasteiger partial charge in [0.2, 0.25) is 21.8 Å². The third-order valence-corrected chi connectivity index (χ3v) is 8.33. The summed E-state index contributed by atoms with van der Waals surface area (Å²) in [6, 6.07) is 16.3. The second-order valence-electron chi connectivity index (χ2n) is 9.96. The van der Waals surface area contributed by atoms with Crippen LogP contribution in [-0.4, -0.2) is 54.6 Å². The lowest BCUT2D eigenvalue weighted by Crippen LogP contribution is -2.54. The second kappa shape index (κ2) is 11.4. The smallest absolute Gasteiger partial charge is 0.243 e. The number of nitrogens with zero attached hydrogens (tertiary/aromatic N) is 2. The summed E-state index contributed by atoms with van der Waals surface area (Å²) in [6.07, 6.45) is 0. The van der Waals surface area contributed by atoms with E-state index >= 15 is 0 Å². The van der Waals surface area contributed by atoms with Crippen LogP contribution in [0.1, 0.15) is 33.3 Å².